The van der Waals surface area contributed by atoms with E-state index in [0.29, 0.717) is 11.8 Å². The van der Waals surface area contributed by atoms with Crippen molar-refractivity contribution in [2.75, 3.05) is 12.8 Å². The molecule has 1 rings (SSSR count). The van der Waals surface area contributed by atoms with Crippen molar-refractivity contribution in [1.82, 2.24) is 29.3 Å². The molecule has 1 atom stereocenters. The summed E-state index contributed by atoms with van der Waals surface area (Å²) in [5.74, 6) is -1.45. The number of thioether (sulfide) groups is 1. The average Bonchev–Trinajstić information content (AvgIpc) is 2.51. The zero-order valence-electron chi connectivity index (χ0n) is 12.5. The van der Waals surface area contributed by atoms with E-state index in [1.54, 1.807) is 0 Å². The summed E-state index contributed by atoms with van der Waals surface area (Å²) in [6.45, 7) is 1.47. The molecular weight excluding hydrogens is 357 g/mol. The molecule has 0 radical (unpaired) electrons. The number of rotatable bonds is 5. The van der Waals surface area contributed by atoms with Crippen LogP contribution < -0.4 is 10.4 Å². The van der Waals surface area contributed by atoms with Crippen molar-refractivity contribution < 1.29 is 17.4 Å². The minimum Gasteiger partial charge on any atom is -0.286 e. The van der Waals surface area contributed by atoms with E-state index in [2.05, 4.69) is 20.0 Å². The predicted octanol–water partition coefficient (Wildman–Crippen LogP) is 0.300. The maximum atomic E-state index is 12.2. The third kappa shape index (κ3) is 6.27. The average molecular weight is 372 g/mol. The smallest absolute Gasteiger partial charge is 0.286 e. The first-order chi connectivity index (χ1) is 10.7. The van der Waals surface area contributed by atoms with Gasteiger partial charge in [0.05, 0.1) is 23.7 Å². The van der Waals surface area contributed by atoms with E-state index >= 15 is 0 Å². The van der Waals surface area contributed by atoms with Crippen LogP contribution in [-0.2, 0) is 23.9 Å². The summed E-state index contributed by atoms with van der Waals surface area (Å²) in [4.78, 5) is 16.0. The van der Waals surface area contributed by atoms with Crippen LogP contribution >= 0.6 is 11.8 Å². The van der Waals surface area contributed by atoms with Crippen molar-refractivity contribution in [1.29, 1.82) is 0 Å². The van der Waals surface area contributed by atoms with Gasteiger partial charge < -0.3 is 0 Å². The second-order valence-electron chi connectivity index (χ2n) is 4.18. The van der Waals surface area contributed by atoms with Crippen molar-refractivity contribution in [3.05, 3.63) is 22.5 Å². The third-order valence-corrected chi connectivity index (χ3v) is 4.40. The van der Waals surface area contributed by atoms with Gasteiger partial charge in [0.25, 0.3) is 0 Å². The highest BCUT2D eigenvalue weighted by Gasteiger charge is 2.26. The lowest BCUT2D eigenvalue weighted by molar-refractivity contribution is -0.105. The first-order valence-corrected chi connectivity index (χ1v) is 8.41. The number of nitrogens with zero attached hydrogens (tertiary/aromatic N) is 5. The van der Waals surface area contributed by atoms with Crippen LogP contribution in [0, 0.1) is 6.92 Å². The van der Waals surface area contributed by atoms with E-state index in [1.165, 1.54) is 21.0 Å². The Labute approximate surface area is 136 Å². The van der Waals surface area contributed by atoms with Gasteiger partial charge in [-0.2, -0.15) is 17.9 Å². The summed E-state index contributed by atoms with van der Waals surface area (Å²) in [5.41, 5.74) is -0.542. The minimum absolute atomic E-state index is 0.0562. The van der Waals surface area contributed by atoms with Crippen LogP contribution in [0.15, 0.2) is 16.1 Å². The number of hydrogen-bond acceptors (Lipinski definition) is 6. The van der Waals surface area contributed by atoms with E-state index < -0.39 is 28.6 Å². The molecule has 0 aliphatic rings. The Kier molecular flexibility index (Phi) is 7.15. The van der Waals surface area contributed by atoms with Crippen LogP contribution in [0.25, 0.3) is 0 Å². The van der Waals surface area contributed by atoms with Crippen LogP contribution in [0.2, 0.25) is 0 Å². The fourth-order valence-corrected chi connectivity index (χ4v) is 2.58. The minimum atomic E-state index is -4.34. The Bertz CT molecular complexity index is 686. The molecule has 0 bridgehead atoms. The van der Waals surface area contributed by atoms with Crippen LogP contribution in [0.4, 0.5) is 13.2 Å². The molecule has 8 nitrogen and oxygen atoms in total. The van der Waals surface area contributed by atoms with Crippen LogP contribution in [-0.4, -0.2) is 47.7 Å². The van der Waals surface area contributed by atoms with Crippen LogP contribution in [0.5, 0.6) is 0 Å². The summed E-state index contributed by atoms with van der Waals surface area (Å²) in [6, 6.07) is 0. The van der Waals surface area contributed by atoms with Crippen LogP contribution in [0.1, 0.15) is 5.69 Å². The zero-order chi connectivity index (χ0) is 17.6. The number of hydrogen-bond donors (Lipinski definition) is 1. The van der Waals surface area contributed by atoms with Gasteiger partial charge in [-0.05, 0) is 14.0 Å². The molecule has 0 spiro atoms. The second kappa shape index (κ2) is 8.40. The molecule has 23 heavy (non-hydrogen) atoms. The fourth-order valence-electron chi connectivity index (χ4n) is 1.27. The van der Waals surface area contributed by atoms with Gasteiger partial charge in [0.15, 0.2) is 5.03 Å². The summed E-state index contributed by atoms with van der Waals surface area (Å²) in [5, 5.41) is 7.39. The molecule has 1 unspecified atom stereocenters. The monoisotopic (exact) mass is 372 g/mol. The van der Waals surface area contributed by atoms with Crippen molar-refractivity contribution in [3.63, 3.8) is 0 Å². The van der Waals surface area contributed by atoms with Crippen molar-refractivity contribution in [2.24, 2.45) is 7.05 Å². The van der Waals surface area contributed by atoms with Crippen molar-refractivity contribution in [2.45, 2.75) is 24.0 Å². The number of halogens is 3. The standard InChI is InChI=1S/C10H15F3N6O2S2/c1-7-8(23(21)14-2)15-5-18(3)9(20)19(17-16-7)6-22-4-10(11,12)13/h5,14H,4,6H2,1-3H3. The van der Waals surface area contributed by atoms with Gasteiger partial charge in [-0.1, -0.05) is 5.21 Å². The van der Waals surface area contributed by atoms with Gasteiger partial charge >= 0.3 is 11.9 Å². The molecule has 13 heteroatoms. The molecule has 130 valence electrons. The SMILES string of the molecule is CNS(=O)c1ncn(C)c(=O)n(CSCC(F)(F)F)nnc1C. The van der Waals surface area contributed by atoms with E-state index in [0.717, 1.165) is 15.6 Å². The molecule has 1 heterocycles. The predicted molar refractivity (Wildman–Crippen MR) is 79.4 cm³/mol. The molecule has 0 aliphatic heterocycles. The first kappa shape index (κ1) is 19.6. The van der Waals surface area contributed by atoms with E-state index in [-0.39, 0.29) is 16.6 Å². The summed E-state index contributed by atoms with van der Waals surface area (Å²) in [6.07, 6.45) is -3.24. The molecule has 1 N–H and O–H groups in total. The Hall–Kier alpha value is -1.47. The Morgan fingerprint density at radius 1 is 1.43 bits per heavy atom. The molecule has 0 saturated carbocycles. The Morgan fingerprint density at radius 2 is 2.09 bits per heavy atom. The maximum absolute atomic E-state index is 12.2. The highest BCUT2D eigenvalue weighted by molar-refractivity contribution is 7.98. The van der Waals surface area contributed by atoms with Gasteiger partial charge in [0.1, 0.15) is 11.0 Å². The third-order valence-electron chi connectivity index (χ3n) is 2.32. The molecule has 0 aromatic carbocycles. The molecule has 0 amide bonds. The van der Waals surface area contributed by atoms with Crippen molar-refractivity contribution in [3.8, 4) is 0 Å². The molecule has 1 aromatic rings. The first-order valence-electron chi connectivity index (χ1n) is 6.10. The van der Waals surface area contributed by atoms with E-state index in [9.17, 15) is 22.2 Å². The number of alkyl halides is 3. The lowest BCUT2D eigenvalue weighted by Gasteiger charge is -2.05. The maximum Gasteiger partial charge on any atom is 0.397 e. The number of nitrogens with one attached hydrogen (secondary N) is 1. The van der Waals surface area contributed by atoms with E-state index in [4.69, 9.17) is 0 Å². The van der Waals surface area contributed by atoms with Crippen LogP contribution in [0.3, 0.4) is 0 Å². The Balaban J connectivity index is 3.28. The summed E-state index contributed by atoms with van der Waals surface area (Å²) >= 11 is 0.475. The number of aromatic nitrogens is 5. The quantitative estimate of drug-likeness (QED) is 0.799. The van der Waals surface area contributed by atoms with Gasteiger partial charge in [0.2, 0.25) is 0 Å². The molecule has 0 saturated heterocycles. The van der Waals surface area contributed by atoms with Gasteiger partial charge in [-0.3, -0.25) is 4.57 Å². The van der Waals surface area contributed by atoms with Gasteiger partial charge in [-0.25, -0.2) is 18.7 Å². The van der Waals surface area contributed by atoms with E-state index in [1.807, 2.05) is 0 Å². The highest BCUT2D eigenvalue weighted by atomic mass is 32.2. The lowest BCUT2D eigenvalue weighted by atomic mass is 10.6. The molecular formula is C10H15F3N6O2S2. The number of aryl methyl sites for hydroxylation is 2. The van der Waals surface area contributed by atoms with Gasteiger partial charge in [0, 0.05) is 7.05 Å². The second-order valence-corrected chi connectivity index (χ2v) is 6.47. The summed E-state index contributed by atoms with van der Waals surface area (Å²) in [7, 11) is 1.14. The largest absolute Gasteiger partial charge is 0.397 e. The molecule has 0 fully saturated rings. The zero-order valence-corrected chi connectivity index (χ0v) is 14.1. The topological polar surface area (TPSA) is 94.7 Å². The molecule has 1 aromatic heterocycles. The highest BCUT2D eigenvalue weighted by Crippen LogP contribution is 2.21. The summed E-state index contributed by atoms with van der Waals surface area (Å²) < 4.78 is 52.6. The molecule has 0 aliphatic carbocycles. The lowest BCUT2D eigenvalue weighted by Crippen LogP contribution is -2.28. The normalized spacial score (nSPS) is 12.8. The van der Waals surface area contributed by atoms with Crippen molar-refractivity contribution >= 4 is 22.7 Å². The Morgan fingerprint density at radius 3 is 2.65 bits per heavy atom. The fraction of sp³-hybridized carbons (Fsp3) is 0.600. The van der Waals surface area contributed by atoms with Gasteiger partial charge in [-0.15, -0.1) is 16.9 Å².